The molecule has 0 aliphatic carbocycles. The molecule has 1 heterocycles. The van der Waals surface area contributed by atoms with Crippen LogP contribution in [0, 0.1) is 11.6 Å². The van der Waals surface area contributed by atoms with Gasteiger partial charge in [0.1, 0.15) is 17.8 Å². The van der Waals surface area contributed by atoms with Crippen LogP contribution < -0.4 is 5.32 Å². The van der Waals surface area contributed by atoms with Crippen LogP contribution in [-0.4, -0.2) is 22.4 Å². The van der Waals surface area contributed by atoms with Gasteiger partial charge >= 0.3 is 0 Å². The average molecular weight is 296 g/mol. The molecule has 0 saturated carbocycles. The third kappa shape index (κ3) is 2.67. The van der Waals surface area contributed by atoms with Crippen molar-refractivity contribution in [3.8, 4) is 0 Å². The van der Waals surface area contributed by atoms with Gasteiger partial charge in [-0.1, -0.05) is 13.8 Å². The predicted octanol–water partition coefficient (Wildman–Crippen LogP) is 3.36. The number of hydrogen-bond donors (Lipinski definition) is 1. The SMILES string of the molecule is CCC(C)N1C(=O)C(C)(CC)NC1c1ccc(F)cc1F. The zero-order valence-corrected chi connectivity index (χ0v) is 12.9. The maximum Gasteiger partial charge on any atom is 0.244 e. The molecule has 1 aromatic carbocycles. The molecule has 1 saturated heterocycles. The Morgan fingerprint density at radius 1 is 1.38 bits per heavy atom. The van der Waals surface area contributed by atoms with Gasteiger partial charge in [0.2, 0.25) is 5.91 Å². The first-order valence-corrected chi connectivity index (χ1v) is 7.39. The quantitative estimate of drug-likeness (QED) is 0.924. The summed E-state index contributed by atoms with van der Waals surface area (Å²) in [5.74, 6) is -1.28. The molecule has 3 unspecified atom stereocenters. The monoisotopic (exact) mass is 296 g/mol. The number of nitrogens with one attached hydrogen (secondary N) is 1. The second-order valence-corrected chi connectivity index (χ2v) is 5.87. The van der Waals surface area contributed by atoms with Gasteiger partial charge in [-0.2, -0.15) is 0 Å². The number of halogens is 2. The largest absolute Gasteiger partial charge is 0.319 e. The topological polar surface area (TPSA) is 32.3 Å². The lowest BCUT2D eigenvalue weighted by atomic mass is 9.99. The molecule has 1 fully saturated rings. The lowest BCUT2D eigenvalue weighted by molar-refractivity contribution is -0.135. The fourth-order valence-corrected chi connectivity index (χ4v) is 2.69. The Balaban J connectivity index is 2.46. The molecule has 1 aliphatic heterocycles. The smallest absolute Gasteiger partial charge is 0.244 e. The van der Waals surface area contributed by atoms with Gasteiger partial charge in [0, 0.05) is 17.7 Å². The van der Waals surface area contributed by atoms with Crippen molar-refractivity contribution < 1.29 is 13.6 Å². The van der Waals surface area contributed by atoms with E-state index in [4.69, 9.17) is 0 Å². The standard InChI is InChI=1S/C16H22F2N2O/c1-5-10(3)20-14(19-16(4,6-2)15(20)21)12-8-7-11(17)9-13(12)18/h7-10,14,19H,5-6H2,1-4H3. The van der Waals surface area contributed by atoms with E-state index in [0.29, 0.717) is 12.0 Å². The van der Waals surface area contributed by atoms with E-state index in [1.165, 1.54) is 12.1 Å². The number of carbonyl (C=O) groups excluding carboxylic acids is 1. The van der Waals surface area contributed by atoms with Crippen LogP contribution in [-0.2, 0) is 4.79 Å². The minimum Gasteiger partial charge on any atom is -0.319 e. The van der Waals surface area contributed by atoms with Crippen LogP contribution in [0.2, 0.25) is 0 Å². The van der Waals surface area contributed by atoms with Crippen molar-refractivity contribution in [1.29, 1.82) is 0 Å². The molecular weight excluding hydrogens is 274 g/mol. The summed E-state index contributed by atoms with van der Waals surface area (Å²) in [5.41, 5.74) is -0.406. The van der Waals surface area contributed by atoms with E-state index < -0.39 is 23.3 Å². The Kier molecular flexibility index (Phi) is 4.33. The summed E-state index contributed by atoms with van der Waals surface area (Å²) < 4.78 is 27.2. The van der Waals surface area contributed by atoms with Crippen molar-refractivity contribution in [3.63, 3.8) is 0 Å². The van der Waals surface area contributed by atoms with Crippen molar-refractivity contribution >= 4 is 5.91 Å². The van der Waals surface area contributed by atoms with Gasteiger partial charge in [-0.05, 0) is 38.8 Å². The Hall–Kier alpha value is -1.49. The maximum atomic E-state index is 14.1. The first kappa shape index (κ1) is 15.9. The molecule has 1 aliphatic rings. The molecule has 116 valence electrons. The van der Waals surface area contributed by atoms with Crippen molar-refractivity contribution in [2.45, 2.75) is 58.3 Å². The Labute approximate surface area is 124 Å². The molecule has 0 aromatic heterocycles. The number of rotatable bonds is 4. The number of carbonyl (C=O) groups is 1. The molecular formula is C16H22F2N2O. The summed E-state index contributed by atoms with van der Waals surface area (Å²) in [5, 5.41) is 3.22. The van der Waals surface area contributed by atoms with E-state index in [1.54, 1.807) is 4.90 Å². The van der Waals surface area contributed by atoms with Crippen LogP contribution in [0.15, 0.2) is 18.2 Å². The number of nitrogens with zero attached hydrogens (tertiary/aromatic N) is 1. The molecule has 21 heavy (non-hydrogen) atoms. The molecule has 0 spiro atoms. The molecule has 5 heteroatoms. The van der Waals surface area contributed by atoms with Crippen LogP contribution in [0.25, 0.3) is 0 Å². The highest BCUT2D eigenvalue weighted by atomic mass is 19.1. The van der Waals surface area contributed by atoms with Crippen molar-refractivity contribution in [1.82, 2.24) is 10.2 Å². The highest BCUT2D eigenvalue weighted by Crippen LogP contribution is 2.35. The molecule has 1 aromatic rings. The third-order valence-corrected chi connectivity index (χ3v) is 4.47. The van der Waals surface area contributed by atoms with Crippen LogP contribution in [0.5, 0.6) is 0 Å². The molecule has 0 bridgehead atoms. The lowest BCUT2D eigenvalue weighted by Crippen LogP contribution is -2.44. The molecule has 3 atom stereocenters. The summed E-state index contributed by atoms with van der Waals surface area (Å²) in [6, 6.07) is 3.47. The second kappa shape index (κ2) is 5.72. The average Bonchev–Trinajstić information content (AvgIpc) is 2.71. The minimum atomic E-state index is -0.713. The summed E-state index contributed by atoms with van der Waals surface area (Å²) in [7, 11) is 0. The van der Waals surface area contributed by atoms with Crippen LogP contribution in [0.1, 0.15) is 52.3 Å². The zero-order valence-electron chi connectivity index (χ0n) is 12.9. The molecule has 3 nitrogen and oxygen atoms in total. The normalized spacial score (nSPS) is 27.2. The summed E-state index contributed by atoms with van der Waals surface area (Å²) in [4.78, 5) is 14.4. The number of benzene rings is 1. The first-order valence-electron chi connectivity index (χ1n) is 7.39. The van der Waals surface area contributed by atoms with E-state index in [0.717, 1.165) is 12.5 Å². The molecule has 1 N–H and O–H groups in total. The van der Waals surface area contributed by atoms with E-state index in [1.807, 2.05) is 27.7 Å². The number of hydrogen-bond acceptors (Lipinski definition) is 2. The highest BCUT2D eigenvalue weighted by molar-refractivity contribution is 5.88. The maximum absolute atomic E-state index is 14.1. The summed E-state index contributed by atoms with van der Waals surface area (Å²) in [6.07, 6.45) is 0.822. The van der Waals surface area contributed by atoms with Crippen LogP contribution in [0.4, 0.5) is 8.78 Å². The Morgan fingerprint density at radius 2 is 2.05 bits per heavy atom. The van der Waals surface area contributed by atoms with Gasteiger partial charge < -0.3 is 4.90 Å². The third-order valence-electron chi connectivity index (χ3n) is 4.47. The second-order valence-electron chi connectivity index (χ2n) is 5.87. The van der Waals surface area contributed by atoms with Gasteiger partial charge in [-0.3, -0.25) is 10.1 Å². The Bertz CT molecular complexity index is 549. The van der Waals surface area contributed by atoms with Gasteiger partial charge in [-0.15, -0.1) is 0 Å². The van der Waals surface area contributed by atoms with Gasteiger partial charge in [-0.25, -0.2) is 8.78 Å². The first-order chi connectivity index (χ1) is 9.84. The van der Waals surface area contributed by atoms with E-state index in [9.17, 15) is 13.6 Å². The van der Waals surface area contributed by atoms with Crippen molar-refractivity contribution in [2.24, 2.45) is 0 Å². The summed E-state index contributed by atoms with van der Waals surface area (Å²) in [6.45, 7) is 7.67. The van der Waals surface area contributed by atoms with E-state index >= 15 is 0 Å². The molecule has 0 radical (unpaired) electrons. The molecule has 2 rings (SSSR count). The van der Waals surface area contributed by atoms with Crippen LogP contribution in [0.3, 0.4) is 0 Å². The highest BCUT2D eigenvalue weighted by Gasteiger charge is 2.49. The van der Waals surface area contributed by atoms with Crippen molar-refractivity contribution in [2.75, 3.05) is 0 Å². The minimum absolute atomic E-state index is 0.0205. The van der Waals surface area contributed by atoms with Crippen molar-refractivity contribution in [3.05, 3.63) is 35.4 Å². The fraction of sp³-hybridized carbons (Fsp3) is 0.562. The van der Waals surface area contributed by atoms with E-state index in [2.05, 4.69) is 5.32 Å². The van der Waals surface area contributed by atoms with Gasteiger partial charge in [0.15, 0.2) is 0 Å². The fourth-order valence-electron chi connectivity index (χ4n) is 2.69. The van der Waals surface area contributed by atoms with Gasteiger partial charge in [0.25, 0.3) is 0 Å². The lowest BCUT2D eigenvalue weighted by Gasteiger charge is -2.30. The van der Waals surface area contributed by atoms with Gasteiger partial charge in [0.05, 0.1) is 5.54 Å². The summed E-state index contributed by atoms with van der Waals surface area (Å²) >= 11 is 0. The predicted molar refractivity (Wildman–Crippen MR) is 77.5 cm³/mol. The number of amides is 1. The Morgan fingerprint density at radius 3 is 2.57 bits per heavy atom. The molecule has 1 amide bonds. The zero-order chi connectivity index (χ0) is 15.8. The van der Waals surface area contributed by atoms with Crippen LogP contribution >= 0.6 is 0 Å². The van der Waals surface area contributed by atoms with E-state index in [-0.39, 0.29) is 11.9 Å².